The summed E-state index contributed by atoms with van der Waals surface area (Å²) in [5.41, 5.74) is 0. The van der Waals surface area contributed by atoms with Gasteiger partial charge in [-0.05, 0) is 31.1 Å². The molecule has 0 aliphatic heterocycles. The summed E-state index contributed by atoms with van der Waals surface area (Å²) in [5.74, 6) is 1.86. The summed E-state index contributed by atoms with van der Waals surface area (Å²) < 4.78 is 0. The average Bonchev–Trinajstić information content (AvgIpc) is 2.36. The molecule has 0 aliphatic carbocycles. The lowest BCUT2D eigenvalue weighted by molar-refractivity contribution is 0.377. The van der Waals surface area contributed by atoms with Gasteiger partial charge in [-0.2, -0.15) is 0 Å². The zero-order valence-electron chi connectivity index (χ0n) is 12.7. The Hall–Kier alpha value is -0.260. The van der Waals surface area contributed by atoms with Gasteiger partial charge in [0, 0.05) is 0 Å². The highest BCUT2D eigenvalue weighted by Gasteiger charge is 2.08. The quantitative estimate of drug-likeness (QED) is 0.367. The standard InChI is InChI=1S/C17H34/c1-5-8-10-11-13-17(12-9-6-2)15-14-16(4)7-3/h10-11,16-17H,5-9,12-15H2,1-4H3. The van der Waals surface area contributed by atoms with E-state index in [4.69, 9.17) is 0 Å². The number of unbranched alkanes of at least 4 members (excludes halogenated alkanes) is 2. The lowest BCUT2D eigenvalue weighted by Crippen LogP contribution is -2.03. The molecule has 0 aromatic carbocycles. The highest BCUT2D eigenvalue weighted by molar-refractivity contribution is 4.83. The molecule has 2 unspecified atom stereocenters. The number of allylic oxidation sites excluding steroid dienone is 2. The molecule has 0 spiro atoms. The molecule has 0 heteroatoms. The van der Waals surface area contributed by atoms with E-state index in [2.05, 4.69) is 39.8 Å². The lowest BCUT2D eigenvalue weighted by Gasteiger charge is -2.17. The van der Waals surface area contributed by atoms with Crippen molar-refractivity contribution in [2.24, 2.45) is 11.8 Å². The third-order valence-electron chi connectivity index (χ3n) is 3.82. The molecule has 0 aromatic rings. The van der Waals surface area contributed by atoms with Gasteiger partial charge in [0.2, 0.25) is 0 Å². The first-order valence-electron chi connectivity index (χ1n) is 7.89. The van der Waals surface area contributed by atoms with Crippen molar-refractivity contribution in [3.8, 4) is 0 Å². The fourth-order valence-corrected chi connectivity index (χ4v) is 2.17. The third kappa shape index (κ3) is 10.6. The summed E-state index contributed by atoms with van der Waals surface area (Å²) in [6.07, 6.45) is 17.0. The molecule has 0 amide bonds. The first-order chi connectivity index (χ1) is 8.24. The molecule has 102 valence electrons. The van der Waals surface area contributed by atoms with Gasteiger partial charge in [-0.3, -0.25) is 0 Å². The van der Waals surface area contributed by atoms with Crippen LogP contribution in [0, 0.1) is 11.8 Å². The zero-order valence-corrected chi connectivity index (χ0v) is 12.7. The van der Waals surface area contributed by atoms with Crippen LogP contribution in [0.1, 0.15) is 85.5 Å². The molecule has 0 saturated heterocycles. The van der Waals surface area contributed by atoms with Gasteiger partial charge in [0.05, 0.1) is 0 Å². The van der Waals surface area contributed by atoms with Gasteiger partial charge in [0.25, 0.3) is 0 Å². The Kier molecular flexibility index (Phi) is 12.0. The van der Waals surface area contributed by atoms with E-state index in [1.807, 2.05) is 0 Å². The predicted octanol–water partition coefficient (Wildman–Crippen LogP) is 6.37. The van der Waals surface area contributed by atoms with Gasteiger partial charge >= 0.3 is 0 Å². The minimum Gasteiger partial charge on any atom is -0.0885 e. The van der Waals surface area contributed by atoms with E-state index in [9.17, 15) is 0 Å². The summed E-state index contributed by atoms with van der Waals surface area (Å²) in [7, 11) is 0. The second kappa shape index (κ2) is 12.2. The first-order valence-corrected chi connectivity index (χ1v) is 7.89. The Morgan fingerprint density at radius 2 is 1.65 bits per heavy atom. The van der Waals surface area contributed by atoms with Crippen molar-refractivity contribution in [1.29, 1.82) is 0 Å². The van der Waals surface area contributed by atoms with Crippen LogP contribution in [0.15, 0.2) is 12.2 Å². The maximum atomic E-state index is 2.43. The maximum Gasteiger partial charge on any atom is -0.0322 e. The number of hydrogen-bond acceptors (Lipinski definition) is 0. The summed E-state index contributed by atoms with van der Waals surface area (Å²) in [5, 5.41) is 0. The molecule has 0 aromatic heterocycles. The molecule has 0 nitrogen and oxygen atoms in total. The molecule has 0 N–H and O–H groups in total. The predicted molar refractivity (Wildman–Crippen MR) is 80.4 cm³/mol. The van der Waals surface area contributed by atoms with Crippen molar-refractivity contribution < 1.29 is 0 Å². The topological polar surface area (TPSA) is 0 Å². The van der Waals surface area contributed by atoms with Crippen molar-refractivity contribution in [3.63, 3.8) is 0 Å². The van der Waals surface area contributed by atoms with Crippen molar-refractivity contribution in [2.45, 2.75) is 85.5 Å². The summed E-state index contributed by atoms with van der Waals surface area (Å²) in [6, 6.07) is 0. The molecule has 0 aliphatic rings. The number of hydrogen-bond donors (Lipinski definition) is 0. The van der Waals surface area contributed by atoms with Crippen molar-refractivity contribution >= 4 is 0 Å². The molecule has 0 fully saturated rings. The van der Waals surface area contributed by atoms with Gasteiger partial charge in [-0.25, -0.2) is 0 Å². The van der Waals surface area contributed by atoms with E-state index in [1.54, 1.807) is 0 Å². The Morgan fingerprint density at radius 1 is 0.882 bits per heavy atom. The Labute approximate surface area is 110 Å². The fourth-order valence-electron chi connectivity index (χ4n) is 2.17. The highest BCUT2D eigenvalue weighted by Crippen LogP contribution is 2.23. The summed E-state index contributed by atoms with van der Waals surface area (Å²) >= 11 is 0. The maximum absolute atomic E-state index is 2.43. The minimum absolute atomic E-state index is 0.916. The Morgan fingerprint density at radius 3 is 2.24 bits per heavy atom. The van der Waals surface area contributed by atoms with Crippen molar-refractivity contribution in [3.05, 3.63) is 12.2 Å². The number of rotatable bonds is 11. The zero-order chi connectivity index (χ0) is 12.9. The average molecular weight is 238 g/mol. The summed E-state index contributed by atoms with van der Waals surface area (Å²) in [6.45, 7) is 9.26. The molecular weight excluding hydrogens is 204 g/mol. The van der Waals surface area contributed by atoms with E-state index in [-0.39, 0.29) is 0 Å². The highest BCUT2D eigenvalue weighted by atomic mass is 14.1. The molecule has 0 saturated carbocycles. The van der Waals surface area contributed by atoms with Crippen LogP contribution < -0.4 is 0 Å². The Balaban J connectivity index is 3.86. The van der Waals surface area contributed by atoms with Gasteiger partial charge < -0.3 is 0 Å². The smallest absolute Gasteiger partial charge is 0.0322 e. The molecule has 0 bridgehead atoms. The van der Waals surface area contributed by atoms with Crippen LogP contribution in [0.3, 0.4) is 0 Å². The van der Waals surface area contributed by atoms with Gasteiger partial charge in [0.15, 0.2) is 0 Å². The largest absolute Gasteiger partial charge is 0.0885 e. The second-order valence-electron chi connectivity index (χ2n) is 5.59. The molecule has 0 radical (unpaired) electrons. The van der Waals surface area contributed by atoms with Gasteiger partial charge in [-0.15, -0.1) is 0 Å². The van der Waals surface area contributed by atoms with E-state index < -0.39 is 0 Å². The lowest BCUT2D eigenvalue weighted by atomic mass is 9.89. The Bertz CT molecular complexity index is 169. The monoisotopic (exact) mass is 238 g/mol. The summed E-state index contributed by atoms with van der Waals surface area (Å²) in [4.78, 5) is 0. The van der Waals surface area contributed by atoms with Crippen LogP contribution in [0.2, 0.25) is 0 Å². The molecular formula is C17H34. The second-order valence-corrected chi connectivity index (χ2v) is 5.59. The van der Waals surface area contributed by atoms with E-state index >= 15 is 0 Å². The van der Waals surface area contributed by atoms with Crippen LogP contribution in [0.5, 0.6) is 0 Å². The van der Waals surface area contributed by atoms with Gasteiger partial charge in [0.1, 0.15) is 0 Å². The van der Waals surface area contributed by atoms with Crippen molar-refractivity contribution in [2.75, 3.05) is 0 Å². The minimum atomic E-state index is 0.916. The normalized spacial score (nSPS) is 15.3. The van der Waals surface area contributed by atoms with Crippen LogP contribution in [-0.2, 0) is 0 Å². The molecule has 0 heterocycles. The van der Waals surface area contributed by atoms with Crippen LogP contribution >= 0.6 is 0 Å². The molecule has 17 heavy (non-hydrogen) atoms. The van der Waals surface area contributed by atoms with Crippen molar-refractivity contribution in [1.82, 2.24) is 0 Å². The van der Waals surface area contributed by atoms with E-state index in [1.165, 1.54) is 57.8 Å². The van der Waals surface area contributed by atoms with Crippen LogP contribution in [-0.4, -0.2) is 0 Å². The van der Waals surface area contributed by atoms with Crippen LogP contribution in [0.4, 0.5) is 0 Å². The fraction of sp³-hybridized carbons (Fsp3) is 0.882. The molecule has 0 rings (SSSR count). The molecule has 2 atom stereocenters. The first kappa shape index (κ1) is 16.7. The van der Waals surface area contributed by atoms with E-state index in [0.29, 0.717) is 0 Å². The third-order valence-corrected chi connectivity index (χ3v) is 3.82. The van der Waals surface area contributed by atoms with Gasteiger partial charge in [-0.1, -0.05) is 78.4 Å². The van der Waals surface area contributed by atoms with E-state index in [0.717, 1.165) is 11.8 Å². The SMILES string of the molecule is CCCC=CCC(CCCC)CCC(C)CC. The van der Waals surface area contributed by atoms with Crippen LogP contribution in [0.25, 0.3) is 0 Å².